The number of hydrogen-bond acceptors (Lipinski definition) is 3. The quantitative estimate of drug-likeness (QED) is 0.830. The Balaban J connectivity index is 2.69. The molecule has 1 rings (SSSR count). The molecule has 0 radical (unpaired) electrons. The number of nitrogens with two attached hydrogens (primary N) is 1. The predicted molar refractivity (Wildman–Crippen MR) is 78.3 cm³/mol. The van der Waals surface area contributed by atoms with Crippen LogP contribution in [0.15, 0.2) is 24.3 Å². The molecule has 0 aliphatic carbocycles. The lowest BCUT2D eigenvalue weighted by molar-refractivity contribution is -0.118. The molecule has 0 aromatic heterocycles. The molecule has 0 fully saturated rings. The number of ether oxygens (including phenoxy) is 1. The van der Waals surface area contributed by atoms with Gasteiger partial charge >= 0.3 is 0 Å². The fraction of sp³-hybridized carbons (Fsp3) is 0.533. The van der Waals surface area contributed by atoms with E-state index < -0.39 is 6.04 Å². The van der Waals surface area contributed by atoms with Crippen molar-refractivity contribution in [2.75, 3.05) is 5.32 Å². The molecular formula is C15H24N2O2. The highest BCUT2D eigenvalue weighted by atomic mass is 16.5. The van der Waals surface area contributed by atoms with E-state index in [0.717, 1.165) is 12.2 Å². The number of anilines is 1. The van der Waals surface area contributed by atoms with Gasteiger partial charge in [0.2, 0.25) is 5.91 Å². The first-order valence-corrected chi connectivity index (χ1v) is 6.77. The molecule has 1 aromatic carbocycles. The zero-order valence-corrected chi connectivity index (χ0v) is 12.1. The molecule has 4 heteroatoms. The van der Waals surface area contributed by atoms with Crippen molar-refractivity contribution < 1.29 is 9.53 Å². The second kappa shape index (κ2) is 7.14. The summed E-state index contributed by atoms with van der Waals surface area (Å²) in [6, 6.07) is 6.88. The highest BCUT2D eigenvalue weighted by Gasteiger charge is 2.17. The van der Waals surface area contributed by atoms with E-state index in [9.17, 15) is 4.79 Å². The fourth-order valence-corrected chi connectivity index (χ4v) is 1.49. The lowest BCUT2D eigenvalue weighted by Gasteiger charge is -2.17. The van der Waals surface area contributed by atoms with Crippen LogP contribution in [0.2, 0.25) is 0 Å². The molecule has 0 spiro atoms. The molecule has 1 amide bonds. The lowest BCUT2D eigenvalue weighted by Crippen LogP contribution is -2.39. The van der Waals surface area contributed by atoms with E-state index in [1.807, 2.05) is 45.0 Å². The molecule has 0 saturated heterocycles. The van der Waals surface area contributed by atoms with Crippen molar-refractivity contribution in [2.24, 2.45) is 11.7 Å². The molecule has 19 heavy (non-hydrogen) atoms. The van der Waals surface area contributed by atoms with Gasteiger partial charge in [0, 0.05) is 11.8 Å². The molecule has 0 aliphatic heterocycles. The largest absolute Gasteiger partial charge is 0.491 e. The zero-order valence-electron chi connectivity index (χ0n) is 12.1. The Kier molecular flexibility index (Phi) is 5.83. The van der Waals surface area contributed by atoms with Gasteiger partial charge in [-0.3, -0.25) is 4.79 Å². The second-order valence-corrected chi connectivity index (χ2v) is 5.12. The number of nitrogens with one attached hydrogen (secondary N) is 1. The van der Waals surface area contributed by atoms with Gasteiger partial charge in [-0.1, -0.05) is 26.8 Å². The molecule has 2 unspecified atom stereocenters. The fourth-order valence-electron chi connectivity index (χ4n) is 1.49. The topological polar surface area (TPSA) is 64.3 Å². The van der Waals surface area contributed by atoms with Gasteiger partial charge in [-0.05, 0) is 31.4 Å². The second-order valence-electron chi connectivity index (χ2n) is 5.12. The van der Waals surface area contributed by atoms with Crippen molar-refractivity contribution in [3.8, 4) is 5.75 Å². The lowest BCUT2D eigenvalue weighted by atomic mass is 10.0. The number of amides is 1. The molecule has 0 aliphatic rings. The highest BCUT2D eigenvalue weighted by Crippen LogP contribution is 2.19. The van der Waals surface area contributed by atoms with Gasteiger partial charge in [0.15, 0.2) is 0 Å². The van der Waals surface area contributed by atoms with E-state index in [2.05, 4.69) is 12.2 Å². The molecule has 1 aromatic rings. The first-order chi connectivity index (χ1) is 8.93. The van der Waals surface area contributed by atoms with Gasteiger partial charge in [0.25, 0.3) is 0 Å². The third-order valence-corrected chi connectivity index (χ3v) is 3.03. The van der Waals surface area contributed by atoms with Crippen LogP contribution in [-0.4, -0.2) is 18.1 Å². The van der Waals surface area contributed by atoms with Crippen LogP contribution in [0.4, 0.5) is 5.69 Å². The number of benzene rings is 1. The van der Waals surface area contributed by atoms with Crippen molar-refractivity contribution in [3.63, 3.8) is 0 Å². The maximum Gasteiger partial charge on any atom is 0.241 e. The van der Waals surface area contributed by atoms with Crippen LogP contribution in [0.1, 0.15) is 34.1 Å². The summed E-state index contributed by atoms with van der Waals surface area (Å²) in [6.45, 7) is 7.93. The number of carbonyl (C=O) groups is 1. The first kappa shape index (κ1) is 15.5. The molecule has 0 saturated carbocycles. The van der Waals surface area contributed by atoms with E-state index >= 15 is 0 Å². The van der Waals surface area contributed by atoms with Crippen LogP contribution >= 0.6 is 0 Å². The minimum atomic E-state index is -0.501. The van der Waals surface area contributed by atoms with Crippen LogP contribution in [0, 0.1) is 5.92 Å². The number of hydrogen-bond donors (Lipinski definition) is 2. The van der Waals surface area contributed by atoms with Crippen LogP contribution in [-0.2, 0) is 4.79 Å². The van der Waals surface area contributed by atoms with Crippen LogP contribution < -0.4 is 15.8 Å². The monoisotopic (exact) mass is 264 g/mol. The Hall–Kier alpha value is -1.55. The molecular weight excluding hydrogens is 240 g/mol. The van der Waals surface area contributed by atoms with Crippen molar-refractivity contribution >= 4 is 11.6 Å². The van der Waals surface area contributed by atoms with Gasteiger partial charge < -0.3 is 15.8 Å². The summed E-state index contributed by atoms with van der Waals surface area (Å²) in [5.74, 6) is 0.695. The van der Waals surface area contributed by atoms with Gasteiger partial charge in [0.05, 0.1) is 12.1 Å². The van der Waals surface area contributed by atoms with Crippen LogP contribution in [0.5, 0.6) is 5.75 Å². The molecule has 3 N–H and O–H groups in total. The molecule has 2 atom stereocenters. The van der Waals surface area contributed by atoms with Crippen molar-refractivity contribution in [1.29, 1.82) is 0 Å². The van der Waals surface area contributed by atoms with Crippen molar-refractivity contribution in [2.45, 2.75) is 46.3 Å². The molecule has 0 heterocycles. The average molecular weight is 264 g/mol. The SMILES string of the molecule is CCC(C)Oc1cccc(NC(=O)C(N)C(C)C)c1. The summed E-state index contributed by atoms with van der Waals surface area (Å²) < 4.78 is 5.71. The minimum absolute atomic E-state index is 0.111. The Labute approximate surface area is 115 Å². The Morgan fingerprint density at radius 1 is 1.37 bits per heavy atom. The number of rotatable bonds is 6. The van der Waals surface area contributed by atoms with Crippen molar-refractivity contribution in [3.05, 3.63) is 24.3 Å². The molecule has 0 bridgehead atoms. The standard InChI is InChI=1S/C15H24N2O2/c1-5-11(4)19-13-8-6-7-12(9-13)17-15(18)14(16)10(2)3/h6-11,14H,5,16H2,1-4H3,(H,17,18). The highest BCUT2D eigenvalue weighted by molar-refractivity contribution is 5.94. The third kappa shape index (κ3) is 4.91. The van der Waals surface area contributed by atoms with E-state index in [0.29, 0.717) is 5.69 Å². The summed E-state index contributed by atoms with van der Waals surface area (Å²) in [5.41, 5.74) is 6.51. The zero-order chi connectivity index (χ0) is 14.4. The average Bonchev–Trinajstić information content (AvgIpc) is 2.37. The molecule has 106 valence electrons. The van der Waals surface area contributed by atoms with Gasteiger partial charge in [-0.2, -0.15) is 0 Å². The van der Waals surface area contributed by atoms with Gasteiger partial charge in [0.1, 0.15) is 5.75 Å². The first-order valence-electron chi connectivity index (χ1n) is 6.77. The minimum Gasteiger partial charge on any atom is -0.491 e. The Morgan fingerprint density at radius 2 is 2.05 bits per heavy atom. The summed E-state index contributed by atoms with van der Waals surface area (Å²) in [6.07, 6.45) is 1.10. The van der Waals surface area contributed by atoms with E-state index in [4.69, 9.17) is 10.5 Å². The molecule has 4 nitrogen and oxygen atoms in total. The van der Waals surface area contributed by atoms with Gasteiger partial charge in [-0.25, -0.2) is 0 Å². The van der Waals surface area contributed by atoms with E-state index in [-0.39, 0.29) is 17.9 Å². The van der Waals surface area contributed by atoms with Gasteiger partial charge in [-0.15, -0.1) is 0 Å². The maximum atomic E-state index is 11.9. The summed E-state index contributed by atoms with van der Waals surface area (Å²) >= 11 is 0. The number of carbonyl (C=O) groups excluding carboxylic acids is 1. The third-order valence-electron chi connectivity index (χ3n) is 3.03. The maximum absolute atomic E-state index is 11.9. The summed E-state index contributed by atoms with van der Waals surface area (Å²) in [7, 11) is 0. The van der Waals surface area contributed by atoms with E-state index in [1.54, 1.807) is 0 Å². The van der Waals surface area contributed by atoms with Crippen LogP contribution in [0.3, 0.4) is 0 Å². The Morgan fingerprint density at radius 3 is 2.63 bits per heavy atom. The van der Waals surface area contributed by atoms with Crippen molar-refractivity contribution in [1.82, 2.24) is 0 Å². The van der Waals surface area contributed by atoms with E-state index in [1.165, 1.54) is 0 Å². The Bertz CT molecular complexity index is 418. The predicted octanol–water partition coefficient (Wildman–Crippen LogP) is 2.79. The smallest absolute Gasteiger partial charge is 0.241 e. The summed E-state index contributed by atoms with van der Waals surface area (Å²) in [4.78, 5) is 11.9. The normalized spacial score (nSPS) is 14.0. The summed E-state index contributed by atoms with van der Waals surface area (Å²) in [5, 5.41) is 2.81. The van der Waals surface area contributed by atoms with Crippen LogP contribution in [0.25, 0.3) is 0 Å².